The number of aromatic nitrogens is 3. The number of aromatic amines is 3. The molecule has 8 heterocycles. The van der Waals surface area contributed by atoms with Crippen molar-refractivity contribution < 1.29 is 52.7 Å². The van der Waals surface area contributed by atoms with Gasteiger partial charge < -0.3 is 63.6 Å². The summed E-state index contributed by atoms with van der Waals surface area (Å²) in [5.41, 5.74) is 28.7. The molecule has 610 valence electrons. The number of aliphatic hydroxyl groups is 1. The molecule has 15 rings (SSSR count). The summed E-state index contributed by atoms with van der Waals surface area (Å²) in [6, 6.07) is -0.332. The van der Waals surface area contributed by atoms with Gasteiger partial charge in [0.1, 0.15) is 17.6 Å². The molecule has 7 fully saturated rings. The van der Waals surface area contributed by atoms with E-state index in [4.69, 9.17) is 28.4 Å². The number of aliphatic hydroxyl groups excluding tert-OH is 1. The highest BCUT2D eigenvalue weighted by atomic mass is 16.7. The molecule has 2 saturated carbocycles. The molecule has 0 radical (unpaired) electrons. The number of nitrogens with one attached hydrogen (secondary N) is 4. The molecule has 7 aliphatic carbocycles. The lowest BCUT2D eigenvalue weighted by atomic mass is 9.85. The number of hydrogen-bond acceptors (Lipinski definition) is 18. The molecule has 4 unspecified atom stereocenters. The number of fused-ring (bicyclic) bond motifs is 4. The maximum atomic E-state index is 12.3. The van der Waals surface area contributed by atoms with E-state index < -0.39 is 5.79 Å². The Kier molecular flexibility index (Phi) is 33.7. The van der Waals surface area contributed by atoms with Gasteiger partial charge in [0.15, 0.2) is 17.4 Å². The number of aryl methyl sites for hydroxylation is 6. The van der Waals surface area contributed by atoms with Crippen molar-refractivity contribution in [3.8, 4) is 0 Å². The number of carbonyl (C=O) groups excluding carboxylic acids is 4. The first-order valence-corrected chi connectivity index (χ1v) is 42.9. The van der Waals surface area contributed by atoms with Crippen LogP contribution < -0.4 is 5.32 Å². The number of morpholine rings is 4. The van der Waals surface area contributed by atoms with Crippen LogP contribution in [0.25, 0.3) is 11.4 Å². The predicted octanol–water partition coefficient (Wildman–Crippen LogP) is 13.1. The van der Waals surface area contributed by atoms with Gasteiger partial charge >= 0.3 is 0 Å². The first-order chi connectivity index (χ1) is 53.3. The lowest BCUT2D eigenvalue weighted by Gasteiger charge is -2.39. The van der Waals surface area contributed by atoms with Crippen molar-refractivity contribution in [2.24, 2.45) is 15.9 Å². The highest BCUT2D eigenvalue weighted by molar-refractivity contribution is 6.05. The number of H-pyrrole nitrogens is 3. The monoisotopic (exact) mass is 1520 g/mol. The van der Waals surface area contributed by atoms with Crippen molar-refractivity contribution in [2.75, 3.05) is 145 Å². The minimum atomic E-state index is -0.494. The van der Waals surface area contributed by atoms with E-state index in [0.29, 0.717) is 63.4 Å². The number of aliphatic imine (C=N–C) groups is 2. The number of carbonyl (C=O) groups is 4. The lowest BCUT2D eigenvalue weighted by molar-refractivity contribution is -0.258. The molecule has 110 heavy (non-hydrogen) atoms. The van der Waals surface area contributed by atoms with Crippen LogP contribution in [0.2, 0.25) is 0 Å². The highest BCUT2D eigenvalue weighted by Crippen LogP contribution is 2.46. The molecule has 21 nitrogen and oxygen atoms in total. The molecule has 5 N–H and O–H groups in total. The van der Waals surface area contributed by atoms with Crippen molar-refractivity contribution in [3.05, 3.63) is 101 Å². The maximum absolute atomic E-state index is 12.3. The van der Waals surface area contributed by atoms with Crippen LogP contribution in [0.1, 0.15) is 245 Å². The van der Waals surface area contributed by atoms with E-state index in [-0.39, 0.29) is 35.5 Å². The van der Waals surface area contributed by atoms with Gasteiger partial charge in [-0.25, -0.2) is 0 Å². The van der Waals surface area contributed by atoms with Crippen molar-refractivity contribution in [1.82, 2.24) is 39.9 Å². The number of ketones is 4. The largest absolute Gasteiger partial charge is 0.391 e. The van der Waals surface area contributed by atoms with E-state index in [2.05, 4.69) is 111 Å². The summed E-state index contributed by atoms with van der Waals surface area (Å²) in [5.74, 6) is 1.08. The van der Waals surface area contributed by atoms with E-state index >= 15 is 0 Å². The molecular weight excluding hydrogens is 1390 g/mol. The van der Waals surface area contributed by atoms with E-state index in [1.165, 1.54) is 102 Å². The summed E-state index contributed by atoms with van der Waals surface area (Å²) in [7, 11) is 0. The topological polar surface area (TPSA) is 241 Å². The second kappa shape index (κ2) is 42.9. The Morgan fingerprint density at radius 3 is 1.68 bits per heavy atom. The van der Waals surface area contributed by atoms with Crippen LogP contribution >= 0.6 is 0 Å². The third-order valence-corrected chi connectivity index (χ3v) is 24.5. The van der Waals surface area contributed by atoms with E-state index in [1.54, 1.807) is 12.5 Å². The summed E-state index contributed by atoms with van der Waals surface area (Å²) in [4.78, 5) is 75.5. The van der Waals surface area contributed by atoms with Crippen LogP contribution in [-0.4, -0.2) is 237 Å². The molecule has 3 aromatic rings. The Bertz CT molecular complexity index is 3740. The van der Waals surface area contributed by atoms with Crippen molar-refractivity contribution in [1.29, 1.82) is 0 Å². The molecule has 0 bridgehead atoms. The Hall–Kier alpha value is -5.98. The molecule has 21 heteroatoms. The zero-order valence-corrected chi connectivity index (χ0v) is 69.6. The Morgan fingerprint density at radius 1 is 0.573 bits per heavy atom. The fourth-order valence-corrected chi connectivity index (χ4v) is 18.6. The van der Waals surface area contributed by atoms with Crippen molar-refractivity contribution in [2.45, 2.75) is 261 Å². The average Bonchev–Trinajstić information content (AvgIpc) is 1.59. The Morgan fingerprint density at radius 2 is 1.11 bits per heavy atom. The molecule has 3 aromatic heterocycles. The normalized spacial score (nSPS) is 23.4. The van der Waals surface area contributed by atoms with Gasteiger partial charge in [-0.2, -0.15) is 0 Å². The van der Waals surface area contributed by atoms with Gasteiger partial charge in [0.2, 0.25) is 0 Å². The predicted molar refractivity (Wildman–Crippen MR) is 440 cm³/mol. The maximum Gasteiger partial charge on any atom is 0.196 e. The van der Waals surface area contributed by atoms with Crippen LogP contribution in [0.15, 0.2) is 43.9 Å². The smallest absolute Gasteiger partial charge is 0.196 e. The second-order valence-corrected chi connectivity index (χ2v) is 31.9. The first-order valence-electron chi connectivity index (χ1n) is 42.9. The summed E-state index contributed by atoms with van der Waals surface area (Å²) in [6.07, 6.45) is 24.2. The lowest BCUT2D eigenvalue weighted by Crippen LogP contribution is -2.43. The van der Waals surface area contributed by atoms with Gasteiger partial charge in [-0.3, -0.25) is 39.0 Å². The van der Waals surface area contributed by atoms with E-state index in [1.807, 2.05) is 20.8 Å². The van der Waals surface area contributed by atoms with Crippen LogP contribution in [0, 0.1) is 26.7 Å². The van der Waals surface area contributed by atoms with Crippen LogP contribution in [-0.2, 0) is 91.9 Å². The molecule has 12 aliphatic rings. The number of rotatable bonds is 16. The molecule has 5 saturated heterocycles. The molecule has 0 amide bonds. The number of ether oxygens (including phenoxy) is 6. The number of hydrogen-bond donors (Lipinski definition) is 5. The van der Waals surface area contributed by atoms with Crippen molar-refractivity contribution in [3.63, 3.8) is 0 Å². The standard InChI is InChI=1S/C20H31N3O2.C17H25NO2.C15H24N2O2.C15H22N2O.C11H19NO2.C11H17NO2/c1-3-17-15(2)21-18-5-4-16(14-22-6-10-24-11-7-22)20(19(17)18)23-8-12-25-13-9-23;1-3-13-12(2)15(11-18-7-9-20-10-8-18)14-5-4-6-16(19)17(13)14;1-3-12-11(2)17-13-5-4-6-15(14(12)13)18-9-7-16-8-10-19-15;1-3-12-11(2)16-13-5-4-6-14(15(12)13)17-7-9-18-10-8-17;2*1-3-11(14)8(2)12-9-5-4-6-10(13)7-9/h21H,3-14H2,1-2H3;15H,3-11H2,1-2H3;16-17H,3-10H2,1-2H3;6,16H,3-5,7-10H2,1-2H3;8,11,14H,3-7H2,1-2H3;8H,3-7H2,1-2H3. The van der Waals surface area contributed by atoms with E-state index in [0.717, 1.165) is 258 Å². The fourth-order valence-electron chi connectivity index (χ4n) is 18.6. The molecule has 5 aliphatic heterocycles. The number of Topliss-reactive ketones (excluding diaryl/α,β-unsaturated/α-hetero) is 4. The fraction of sp³-hybridized carbons (Fsp3) is 0.708. The SMILES string of the molecule is CCC(=O)C(C)N=C1CCCC(=O)C1.CCC(O)C(C)N=C1CCCC(=O)C1.CCC1=C(C)C(CN2CCOCC2)C2=C1C(=O)CCC2.CCc1c(C)[nH]c2c1C(N1CCOCC1)=C(CN1CCOCC1)CC2.CCc1c(C)[nH]c2c1C(N1CCOCC1)=CCC2.CCc1c(C)[nH]c2c1C1(CCC2)OCCNCCO1. The van der Waals surface area contributed by atoms with Gasteiger partial charge in [0, 0.05) is 209 Å². The average molecular weight is 1520 g/mol. The summed E-state index contributed by atoms with van der Waals surface area (Å²) in [6.45, 7) is 45.7. The van der Waals surface area contributed by atoms with Gasteiger partial charge in [-0.1, -0.05) is 58.8 Å². The third-order valence-electron chi connectivity index (χ3n) is 24.5. The summed E-state index contributed by atoms with van der Waals surface area (Å²) < 4.78 is 34.4. The van der Waals surface area contributed by atoms with Crippen LogP contribution in [0.4, 0.5) is 0 Å². The van der Waals surface area contributed by atoms with Gasteiger partial charge in [-0.15, -0.1) is 0 Å². The second-order valence-electron chi connectivity index (χ2n) is 31.9. The molecule has 0 aromatic carbocycles. The molecule has 1 spiro atoms. The van der Waals surface area contributed by atoms with E-state index in [9.17, 15) is 24.3 Å². The summed E-state index contributed by atoms with van der Waals surface area (Å²) in [5, 5.41) is 12.8. The Labute approximate surface area is 658 Å². The number of nitrogens with zero attached hydrogens (tertiary/aromatic N) is 6. The minimum absolute atomic E-state index is 0.0686. The number of allylic oxidation sites excluding steroid dienone is 3. The molecule has 4 atom stereocenters. The van der Waals surface area contributed by atoms with Crippen molar-refractivity contribution >= 4 is 46.0 Å². The highest BCUT2D eigenvalue weighted by Gasteiger charge is 2.43. The van der Waals surface area contributed by atoms with Gasteiger partial charge in [0.25, 0.3) is 0 Å². The zero-order chi connectivity index (χ0) is 78.3. The van der Waals surface area contributed by atoms with Gasteiger partial charge in [-0.05, 0) is 179 Å². The Balaban J connectivity index is 0.000000142. The quantitative estimate of drug-likeness (QED) is 0.0896. The first kappa shape index (κ1) is 86.4. The summed E-state index contributed by atoms with van der Waals surface area (Å²) >= 11 is 0. The van der Waals surface area contributed by atoms with Crippen LogP contribution in [0.5, 0.6) is 0 Å². The van der Waals surface area contributed by atoms with Gasteiger partial charge in [0.05, 0.1) is 78.2 Å². The third kappa shape index (κ3) is 22.3. The molecular formula is C89H138N10O11. The zero-order valence-electron chi connectivity index (χ0n) is 69.6. The van der Waals surface area contributed by atoms with Crippen LogP contribution in [0.3, 0.4) is 0 Å². The minimum Gasteiger partial charge on any atom is -0.391 e.